The van der Waals surface area contributed by atoms with Crippen LogP contribution in [0.5, 0.6) is 0 Å². The van der Waals surface area contributed by atoms with Gasteiger partial charge in [0.2, 0.25) is 0 Å². The van der Waals surface area contributed by atoms with Gasteiger partial charge in [0.25, 0.3) is 0 Å². The van der Waals surface area contributed by atoms with Gasteiger partial charge in [-0.05, 0) is 105 Å². The normalized spacial score (nSPS) is 12.7. The fourth-order valence-electron chi connectivity index (χ4n) is 5.99. The van der Waals surface area contributed by atoms with Gasteiger partial charge in [0, 0.05) is 54.4 Å². The first-order chi connectivity index (χ1) is 19.0. The third kappa shape index (κ3) is 4.91. The van der Waals surface area contributed by atoms with Gasteiger partial charge in [-0.2, -0.15) is 0 Å². The molecule has 1 atom stereocenters. The number of benzene rings is 4. The molecule has 0 saturated heterocycles. The summed E-state index contributed by atoms with van der Waals surface area (Å²) in [7, 11) is 0. The molecule has 0 bridgehead atoms. The van der Waals surface area contributed by atoms with E-state index in [4.69, 9.17) is 0 Å². The highest BCUT2D eigenvalue weighted by atomic mass is 15.2. The van der Waals surface area contributed by atoms with Crippen molar-refractivity contribution in [2.24, 2.45) is 0 Å². The summed E-state index contributed by atoms with van der Waals surface area (Å²) < 4.78 is 0. The third-order valence-electron chi connectivity index (χ3n) is 8.54. The van der Waals surface area contributed by atoms with Gasteiger partial charge in [-0.1, -0.05) is 50.2 Å². The molecule has 0 fully saturated rings. The Morgan fingerprint density at radius 1 is 0.564 bits per heavy atom. The second kappa shape index (κ2) is 11.6. The molecule has 0 aliphatic carbocycles. The van der Waals surface area contributed by atoms with Gasteiger partial charge < -0.3 is 14.7 Å². The Balaban J connectivity index is 1.79. The van der Waals surface area contributed by atoms with Crippen molar-refractivity contribution in [1.82, 2.24) is 0 Å². The Bertz CT molecular complexity index is 1330. The molecular formula is C36H43N3. The van der Waals surface area contributed by atoms with Crippen molar-refractivity contribution >= 4 is 28.4 Å². The maximum atomic E-state index is 2.48. The summed E-state index contributed by atoms with van der Waals surface area (Å²) in [6, 6.07) is 32.2. The van der Waals surface area contributed by atoms with Crippen molar-refractivity contribution in [3.63, 3.8) is 0 Å². The summed E-state index contributed by atoms with van der Waals surface area (Å²) in [5.41, 5.74) is 12.7. The second-order valence-corrected chi connectivity index (χ2v) is 10.5. The van der Waals surface area contributed by atoms with Crippen LogP contribution in [0.4, 0.5) is 28.4 Å². The van der Waals surface area contributed by atoms with E-state index in [1.165, 1.54) is 56.3 Å². The lowest BCUT2D eigenvalue weighted by molar-refractivity contribution is 0.733. The molecule has 0 radical (unpaired) electrons. The van der Waals surface area contributed by atoms with E-state index in [1.54, 1.807) is 0 Å². The molecule has 0 N–H and O–H groups in total. The van der Waals surface area contributed by atoms with Gasteiger partial charge in [-0.3, -0.25) is 0 Å². The zero-order valence-corrected chi connectivity index (χ0v) is 24.5. The van der Waals surface area contributed by atoms with Crippen LogP contribution < -0.4 is 14.7 Å². The SMILES string of the molecule is CCC(C)c1ccc(N2c3ccc(N(CC)CC)cc3-c3ccccc3-c3cc(N(CC)CC)ccc32)cc1. The summed E-state index contributed by atoms with van der Waals surface area (Å²) in [5.74, 6) is 0.556. The molecule has 39 heavy (non-hydrogen) atoms. The van der Waals surface area contributed by atoms with Crippen molar-refractivity contribution in [2.45, 2.75) is 53.9 Å². The predicted molar refractivity (Wildman–Crippen MR) is 171 cm³/mol. The van der Waals surface area contributed by atoms with Crippen molar-refractivity contribution in [2.75, 3.05) is 40.9 Å². The van der Waals surface area contributed by atoms with E-state index in [2.05, 4.69) is 141 Å². The topological polar surface area (TPSA) is 9.72 Å². The van der Waals surface area contributed by atoms with E-state index in [-0.39, 0.29) is 0 Å². The van der Waals surface area contributed by atoms with Crippen LogP contribution in [-0.2, 0) is 0 Å². The third-order valence-corrected chi connectivity index (χ3v) is 8.54. The van der Waals surface area contributed by atoms with Crippen LogP contribution in [0, 0.1) is 0 Å². The minimum atomic E-state index is 0.556. The Labute approximate surface area is 235 Å². The quantitative estimate of drug-likeness (QED) is 0.193. The van der Waals surface area contributed by atoms with E-state index in [9.17, 15) is 0 Å². The molecule has 1 heterocycles. The average molecular weight is 518 g/mol. The number of rotatable bonds is 9. The molecule has 3 heteroatoms. The lowest BCUT2D eigenvalue weighted by Gasteiger charge is -2.30. The van der Waals surface area contributed by atoms with Gasteiger partial charge in [0.05, 0.1) is 11.4 Å². The average Bonchev–Trinajstić information content (AvgIpc) is 3.10. The molecule has 1 unspecified atom stereocenters. The largest absolute Gasteiger partial charge is 0.372 e. The highest BCUT2D eigenvalue weighted by Crippen LogP contribution is 2.52. The van der Waals surface area contributed by atoms with Crippen molar-refractivity contribution in [1.29, 1.82) is 0 Å². The molecule has 3 nitrogen and oxygen atoms in total. The molecule has 0 aromatic heterocycles. The van der Waals surface area contributed by atoms with E-state index < -0.39 is 0 Å². The summed E-state index contributed by atoms with van der Waals surface area (Å²) in [6.07, 6.45) is 1.15. The Kier molecular flexibility index (Phi) is 7.97. The maximum absolute atomic E-state index is 2.48. The molecule has 4 aromatic rings. The van der Waals surface area contributed by atoms with Crippen LogP contribution in [0.25, 0.3) is 22.3 Å². The maximum Gasteiger partial charge on any atom is 0.0542 e. The van der Waals surface area contributed by atoms with Crippen molar-refractivity contribution < 1.29 is 0 Å². The number of hydrogen-bond donors (Lipinski definition) is 0. The lowest BCUT2D eigenvalue weighted by atomic mass is 9.94. The van der Waals surface area contributed by atoms with Crippen LogP contribution in [0.15, 0.2) is 84.9 Å². The summed E-state index contributed by atoms with van der Waals surface area (Å²) in [5, 5.41) is 0. The summed E-state index contributed by atoms with van der Waals surface area (Å²) in [6.45, 7) is 17.5. The Morgan fingerprint density at radius 3 is 1.44 bits per heavy atom. The van der Waals surface area contributed by atoms with E-state index >= 15 is 0 Å². The molecule has 1 aliphatic heterocycles. The smallest absolute Gasteiger partial charge is 0.0542 e. The number of fused-ring (bicyclic) bond motifs is 5. The summed E-state index contributed by atoms with van der Waals surface area (Å²) in [4.78, 5) is 7.35. The lowest BCUT2D eigenvalue weighted by Crippen LogP contribution is -2.22. The highest BCUT2D eigenvalue weighted by molar-refractivity contribution is 6.03. The molecule has 202 valence electrons. The fourth-order valence-corrected chi connectivity index (χ4v) is 5.99. The van der Waals surface area contributed by atoms with Gasteiger partial charge in [0.1, 0.15) is 0 Å². The van der Waals surface area contributed by atoms with Crippen molar-refractivity contribution in [3.05, 3.63) is 90.5 Å². The minimum absolute atomic E-state index is 0.556. The number of nitrogens with zero attached hydrogens (tertiary/aromatic N) is 3. The van der Waals surface area contributed by atoms with Crippen LogP contribution in [0.3, 0.4) is 0 Å². The monoisotopic (exact) mass is 517 g/mol. The zero-order chi connectivity index (χ0) is 27.5. The predicted octanol–water partition coefficient (Wildman–Crippen LogP) is 10.0. The first-order valence-corrected chi connectivity index (χ1v) is 14.8. The van der Waals surface area contributed by atoms with Gasteiger partial charge in [-0.25, -0.2) is 0 Å². The molecule has 0 saturated carbocycles. The molecule has 5 rings (SSSR count). The van der Waals surface area contributed by atoms with Crippen LogP contribution >= 0.6 is 0 Å². The summed E-state index contributed by atoms with van der Waals surface area (Å²) >= 11 is 0. The van der Waals surface area contributed by atoms with Crippen molar-refractivity contribution in [3.8, 4) is 22.3 Å². The van der Waals surface area contributed by atoms with Gasteiger partial charge in [-0.15, -0.1) is 0 Å². The van der Waals surface area contributed by atoms with E-state index in [1.807, 2.05) is 0 Å². The molecule has 0 spiro atoms. The fraction of sp³-hybridized carbons (Fsp3) is 0.333. The molecule has 1 aliphatic rings. The van der Waals surface area contributed by atoms with Crippen LogP contribution in [-0.4, -0.2) is 26.2 Å². The first-order valence-electron chi connectivity index (χ1n) is 14.8. The molecule has 4 aromatic carbocycles. The zero-order valence-electron chi connectivity index (χ0n) is 24.5. The Hall–Kier alpha value is -3.72. The van der Waals surface area contributed by atoms with E-state index in [0.717, 1.165) is 32.6 Å². The Morgan fingerprint density at radius 2 is 1.03 bits per heavy atom. The number of anilines is 5. The molecular weight excluding hydrogens is 474 g/mol. The van der Waals surface area contributed by atoms with Crippen LogP contribution in [0.1, 0.15) is 59.4 Å². The van der Waals surface area contributed by atoms with E-state index in [0.29, 0.717) is 5.92 Å². The second-order valence-electron chi connectivity index (χ2n) is 10.5. The number of hydrogen-bond acceptors (Lipinski definition) is 3. The van der Waals surface area contributed by atoms with Gasteiger partial charge >= 0.3 is 0 Å². The molecule has 0 amide bonds. The highest BCUT2D eigenvalue weighted by Gasteiger charge is 2.27. The minimum Gasteiger partial charge on any atom is -0.372 e. The first kappa shape index (κ1) is 26.9. The standard InChI is InChI=1S/C36H43N3/c1-7-26(6)27-16-18-28(19-17-27)39-35-22-20-29(37(8-2)9-3)24-33(35)31-14-12-13-15-32(31)34-25-30(21-23-36(34)39)38(10-4)11-5/h12-26H,7-11H2,1-6H3. The van der Waals surface area contributed by atoms with Gasteiger partial charge in [0.15, 0.2) is 0 Å². The van der Waals surface area contributed by atoms with Crippen LogP contribution in [0.2, 0.25) is 0 Å².